The van der Waals surface area contributed by atoms with Crippen LogP contribution in [0.2, 0.25) is 0 Å². The van der Waals surface area contributed by atoms with E-state index in [1.165, 1.54) is 5.56 Å². The summed E-state index contributed by atoms with van der Waals surface area (Å²) in [6, 6.07) is 10.1. The van der Waals surface area contributed by atoms with Crippen molar-refractivity contribution in [3.63, 3.8) is 0 Å². The van der Waals surface area contributed by atoms with E-state index in [9.17, 15) is 9.59 Å². The quantitative estimate of drug-likeness (QED) is 0.617. The van der Waals surface area contributed by atoms with E-state index in [0.29, 0.717) is 6.54 Å². The zero-order chi connectivity index (χ0) is 15.0. The highest BCUT2D eigenvalue weighted by atomic mass is 16.2. The van der Waals surface area contributed by atoms with Crippen LogP contribution in [0.3, 0.4) is 0 Å². The van der Waals surface area contributed by atoms with Gasteiger partial charge in [-0.1, -0.05) is 30.3 Å². The second kappa shape index (κ2) is 7.68. The predicted octanol–water partition coefficient (Wildman–Crippen LogP) is 2.04. The highest BCUT2D eigenvalue weighted by molar-refractivity contribution is 5.97. The number of hydrogen-bond acceptors (Lipinski definition) is 2. The molecule has 2 amide bonds. The Morgan fingerprint density at radius 2 is 1.70 bits per heavy atom. The van der Waals surface area contributed by atoms with E-state index in [1.54, 1.807) is 0 Å². The smallest absolute Gasteiger partial charge is 0.229 e. The fourth-order valence-corrected chi connectivity index (χ4v) is 1.84. The van der Waals surface area contributed by atoms with Crippen molar-refractivity contribution in [2.75, 3.05) is 6.54 Å². The monoisotopic (exact) mass is 276 g/mol. The molecular formula is C16H24N2O2. The molecule has 110 valence electrons. The highest BCUT2D eigenvalue weighted by Crippen LogP contribution is 2.02. The van der Waals surface area contributed by atoms with Crippen LogP contribution in [0.25, 0.3) is 0 Å². The topological polar surface area (TPSA) is 58.2 Å². The molecule has 0 aliphatic rings. The van der Waals surface area contributed by atoms with Crippen LogP contribution in [-0.4, -0.2) is 23.9 Å². The molecule has 0 fully saturated rings. The fraction of sp³-hybridized carbons (Fsp3) is 0.500. The summed E-state index contributed by atoms with van der Waals surface area (Å²) in [6.45, 7) is 6.27. The Morgan fingerprint density at radius 3 is 2.30 bits per heavy atom. The molecule has 0 unspecified atom stereocenters. The first-order valence-corrected chi connectivity index (χ1v) is 6.98. The van der Waals surface area contributed by atoms with Gasteiger partial charge in [-0.15, -0.1) is 0 Å². The van der Waals surface area contributed by atoms with Gasteiger partial charge < -0.3 is 10.6 Å². The highest BCUT2D eigenvalue weighted by Gasteiger charge is 2.16. The maximum atomic E-state index is 11.6. The summed E-state index contributed by atoms with van der Waals surface area (Å²) in [5.74, 6) is -0.460. The first-order chi connectivity index (χ1) is 9.37. The Kier molecular flexibility index (Phi) is 6.22. The van der Waals surface area contributed by atoms with E-state index in [0.717, 1.165) is 12.8 Å². The number of amides is 2. The standard InChI is InChI=1S/C16H24N2O2/c1-16(2,3)18-15(20)12-14(19)17-11-7-10-13-8-5-4-6-9-13/h4-6,8-9H,7,10-12H2,1-3H3,(H,17,19)(H,18,20). The van der Waals surface area contributed by atoms with Crippen molar-refractivity contribution in [1.82, 2.24) is 10.6 Å². The second-order valence-corrected chi connectivity index (χ2v) is 5.91. The Morgan fingerprint density at radius 1 is 1.05 bits per heavy atom. The molecule has 0 aliphatic carbocycles. The molecule has 20 heavy (non-hydrogen) atoms. The van der Waals surface area contributed by atoms with E-state index in [4.69, 9.17) is 0 Å². The fourth-order valence-electron chi connectivity index (χ4n) is 1.84. The van der Waals surface area contributed by atoms with E-state index in [-0.39, 0.29) is 23.8 Å². The van der Waals surface area contributed by atoms with E-state index >= 15 is 0 Å². The summed E-state index contributed by atoms with van der Waals surface area (Å²) in [7, 11) is 0. The van der Waals surface area contributed by atoms with Crippen LogP contribution in [-0.2, 0) is 16.0 Å². The van der Waals surface area contributed by atoms with Crippen molar-refractivity contribution in [1.29, 1.82) is 0 Å². The maximum absolute atomic E-state index is 11.6. The number of hydrogen-bond donors (Lipinski definition) is 2. The minimum Gasteiger partial charge on any atom is -0.356 e. The van der Waals surface area contributed by atoms with Gasteiger partial charge in [-0.25, -0.2) is 0 Å². The summed E-state index contributed by atoms with van der Waals surface area (Å²) >= 11 is 0. The number of benzene rings is 1. The number of aryl methyl sites for hydroxylation is 1. The van der Waals surface area contributed by atoms with E-state index in [1.807, 2.05) is 39.0 Å². The lowest BCUT2D eigenvalue weighted by molar-refractivity contribution is -0.130. The summed E-state index contributed by atoms with van der Waals surface area (Å²) < 4.78 is 0. The van der Waals surface area contributed by atoms with Gasteiger partial charge in [0.2, 0.25) is 11.8 Å². The molecule has 1 aromatic rings. The minimum absolute atomic E-state index is 0.109. The zero-order valence-corrected chi connectivity index (χ0v) is 12.5. The van der Waals surface area contributed by atoms with Crippen LogP contribution in [0.5, 0.6) is 0 Å². The van der Waals surface area contributed by atoms with Crippen molar-refractivity contribution < 1.29 is 9.59 Å². The van der Waals surface area contributed by atoms with Crippen LogP contribution in [0.1, 0.15) is 39.2 Å². The molecule has 0 bridgehead atoms. The van der Waals surface area contributed by atoms with Gasteiger partial charge >= 0.3 is 0 Å². The number of carbonyl (C=O) groups is 2. The van der Waals surface area contributed by atoms with Gasteiger partial charge in [-0.2, -0.15) is 0 Å². The SMILES string of the molecule is CC(C)(C)NC(=O)CC(=O)NCCCc1ccccc1. The van der Waals surface area contributed by atoms with Gasteiger partial charge in [-0.3, -0.25) is 9.59 Å². The molecule has 0 aromatic heterocycles. The van der Waals surface area contributed by atoms with Crippen molar-refractivity contribution in [3.05, 3.63) is 35.9 Å². The van der Waals surface area contributed by atoms with Crippen LogP contribution < -0.4 is 10.6 Å². The van der Waals surface area contributed by atoms with Crippen LogP contribution in [0.15, 0.2) is 30.3 Å². The predicted molar refractivity (Wildman–Crippen MR) is 80.3 cm³/mol. The lowest BCUT2D eigenvalue weighted by Crippen LogP contribution is -2.42. The third kappa shape index (κ3) is 7.56. The summed E-state index contributed by atoms with van der Waals surface area (Å²) in [5, 5.41) is 5.54. The first kappa shape index (κ1) is 16.2. The average Bonchev–Trinajstić information content (AvgIpc) is 2.33. The molecule has 0 atom stereocenters. The Balaban J connectivity index is 2.16. The number of nitrogens with one attached hydrogen (secondary N) is 2. The summed E-state index contributed by atoms with van der Waals surface area (Å²) in [4.78, 5) is 23.1. The van der Waals surface area contributed by atoms with Crippen molar-refractivity contribution in [3.8, 4) is 0 Å². The Hall–Kier alpha value is -1.84. The van der Waals surface area contributed by atoms with Crippen LogP contribution in [0, 0.1) is 0 Å². The van der Waals surface area contributed by atoms with Crippen LogP contribution in [0.4, 0.5) is 0 Å². The molecule has 0 aliphatic heterocycles. The van der Waals surface area contributed by atoms with Gasteiger partial charge in [0, 0.05) is 12.1 Å². The summed E-state index contributed by atoms with van der Waals surface area (Å²) in [6.07, 6.45) is 1.69. The Labute approximate surface area is 121 Å². The molecule has 0 saturated carbocycles. The van der Waals surface area contributed by atoms with Gasteiger partial charge in [0.1, 0.15) is 6.42 Å². The molecular weight excluding hydrogens is 252 g/mol. The Bertz CT molecular complexity index is 436. The largest absolute Gasteiger partial charge is 0.356 e. The maximum Gasteiger partial charge on any atom is 0.229 e. The van der Waals surface area contributed by atoms with Gasteiger partial charge in [-0.05, 0) is 39.2 Å². The third-order valence-corrected chi connectivity index (χ3v) is 2.64. The van der Waals surface area contributed by atoms with Crippen LogP contribution >= 0.6 is 0 Å². The zero-order valence-electron chi connectivity index (χ0n) is 12.5. The molecule has 2 N–H and O–H groups in total. The third-order valence-electron chi connectivity index (χ3n) is 2.64. The molecule has 0 heterocycles. The number of rotatable bonds is 6. The molecule has 4 nitrogen and oxygen atoms in total. The van der Waals surface area contributed by atoms with E-state index in [2.05, 4.69) is 22.8 Å². The normalized spacial score (nSPS) is 10.9. The minimum atomic E-state index is -0.301. The van der Waals surface area contributed by atoms with Gasteiger partial charge in [0.05, 0.1) is 0 Å². The average molecular weight is 276 g/mol. The second-order valence-electron chi connectivity index (χ2n) is 5.91. The van der Waals surface area contributed by atoms with Gasteiger partial charge in [0.25, 0.3) is 0 Å². The summed E-state index contributed by atoms with van der Waals surface area (Å²) in [5.41, 5.74) is 0.956. The molecule has 0 saturated heterocycles. The molecule has 0 spiro atoms. The molecule has 0 radical (unpaired) electrons. The first-order valence-electron chi connectivity index (χ1n) is 6.98. The van der Waals surface area contributed by atoms with E-state index < -0.39 is 0 Å². The van der Waals surface area contributed by atoms with Crippen molar-refractivity contribution in [2.45, 2.75) is 45.6 Å². The molecule has 1 rings (SSSR count). The number of carbonyl (C=O) groups excluding carboxylic acids is 2. The van der Waals surface area contributed by atoms with Crippen molar-refractivity contribution >= 4 is 11.8 Å². The molecule has 4 heteroatoms. The lowest BCUT2D eigenvalue weighted by atomic mass is 10.1. The van der Waals surface area contributed by atoms with Gasteiger partial charge in [0.15, 0.2) is 0 Å². The van der Waals surface area contributed by atoms with Crippen molar-refractivity contribution in [2.24, 2.45) is 0 Å². The molecule has 1 aromatic carbocycles. The lowest BCUT2D eigenvalue weighted by Gasteiger charge is -2.20.